The molecule has 1 N–H and O–H groups in total. The minimum atomic E-state index is 0.441. The van der Waals surface area contributed by atoms with Crippen LogP contribution in [0.25, 0.3) is 5.69 Å². The van der Waals surface area contributed by atoms with E-state index >= 15 is 0 Å². The quantitative estimate of drug-likeness (QED) is 0.917. The standard InChI is InChI=1S/C14H18ClN3/c1-10(2)16-9-12-8-13(15)4-5-14(12)18-7-6-11(3)17-18/h4-8,10,16H,9H2,1-3H3. The van der Waals surface area contributed by atoms with Gasteiger partial charge in [0.15, 0.2) is 0 Å². The lowest BCUT2D eigenvalue weighted by Gasteiger charge is -2.13. The van der Waals surface area contributed by atoms with Gasteiger partial charge in [-0.05, 0) is 36.8 Å². The van der Waals surface area contributed by atoms with Gasteiger partial charge in [0.05, 0.1) is 11.4 Å². The van der Waals surface area contributed by atoms with Crippen LogP contribution in [0.2, 0.25) is 5.02 Å². The van der Waals surface area contributed by atoms with Gasteiger partial charge in [0.25, 0.3) is 0 Å². The molecule has 0 bridgehead atoms. The lowest BCUT2D eigenvalue weighted by molar-refractivity contribution is 0.586. The topological polar surface area (TPSA) is 29.9 Å². The molecule has 0 atom stereocenters. The van der Waals surface area contributed by atoms with Crippen LogP contribution in [0.4, 0.5) is 0 Å². The summed E-state index contributed by atoms with van der Waals surface area (Å²) in [7, 11) is 0. The van der Waals surface area contributed by atoms with E-state index in [1.54, 1.807) is 0 Å². The zero-order valence-electron chi connectivity index (χ0n) is 10.9. The molecule has 0 aliphatic heterocycles. The predicted molar refractivity (Wildman–Crippen MR) is 75.3 cm³/mol. The molecule has 18 heavy (non-hydrogen) atoms. The molecule has 1 heterocycles. The third-order valence-corrected chi connectivity index (χ3v) is 2.95. The molecule has 0 radical (unpaired) electrons. The number of aryl methyl sites for hydroxylation is 1. The summed E-state index contributed by atoms with van der Waals surface area (Å²) in [5.74, 6) is 0. The van der Waals surface area contributed by atoms with Gasteiger partial charge in [0, 0.05) is 23.8 Å². The van der Waals surface area contributed by atoms with E-state index in [1.165, 1.54) is 0 Å². The van der Waals surface area contributed by atoms with Gasteiger partial charge < -0.3 is 5.32 Å². The molecule has 0 amide bonds. The maximum absolute atomic E-state index is 6.07. The van der Waals surface area contributed by atoms with Gasteiger partial charge in [0.1, 0.15) is 0 Å². The van der Waals surface area contributed by atoms with E-state index in [-0.39, 0.29) is 0 Å². The zero-order valence-corrected chi connectivity index (χ0v) is 11.7. The molecule has 0 aliphatic rings. The Morgan fingerprint density at radius 2 is 2.11 bits per heavy atom. The van der Waals surface area contributed by atoms with Crippen molar-refractivity contribution >= 4 is 11.6 Å². The number of hydrogen-bond acceptors (Lipinski definition) is 2. The molecular formula is C14H18ClN3. The Morgan fingerprint density at radius 1 is 1.33 bits per heavy atom. The fourth-order valence-electron chi connectivity index (χ4n) is 1.78. The zero-order chi connectivity index (χ0) is 13.1. The Morgan fingerprint density at radius 3 is 2.72 bits per heavy atom. The van der Waals surface area contributed by atoms with E-state index in [0.29, 0.717) is 6.04 Å². The molecule has 0 saturated heterocycles. The molecule has 1 aromatic heterocycles. The summed E-state index contributed by atoms with van der Waals surface area (Å²) < 4.78 is 1.89. The molecule has 0 saturated carbocycles. The number of aromatic nitrogens is 2. The lowest BCUT2D eigenvalue weighted by atomic mass is 10.1. The van der Waals surface area contributed by atoms with Gasteiger partial charge >= 0.3 is 0 Å². The molecule has 0 aliphatic carbocycles. The van der Waals surface area contributed by atoms with E-state index in [9.17, 15) is 0 Å². The SMILES string of the molecule is Cc1ccn(-c2ccc(Cl)cc2CNC(C)C)n1. The minimum absolute atomic E-state index is 0.441. The van der Waals surface area contributed by atoms with Crippen molar-refractivity contribution in [1.29, 1.82) is 0 Å². The maximum Gasteiger partial charge on any atom is 0.0691 e. The van der Waals surface area contributed by atoms with Crippen LogP contribution in [0.1, 0.15) is 25.1 Å². The Bertz CT molecular complexity index is 532. The highest BCUT2D eigenvalue weighted by Gasteiger charge is 2.07. The minimum Gasteiger partial charge on any atom is -0.310 e. The van der Waals surface area contributed by atoms with Crippen LogP contribution < -0.4 is 5.32 Å². The first-order valence-corrected chi connectivity index (χ1v) is 6.48. The highest BCUT2D eigenvalue weighted by atomic mass is 35.5. The van der Waals surface area contributed by atoms with Crippen LogP contribution >= 0.6 is 11.6 Å². The number of halogens is 1. The molecule has 96 valence electrons. The van der Waals surface area contributed by atoms with Crippen molar-refractivity contribution in [2.45, 2.75) is 33.4 Å². The Kier molecular flexibility index (Phi) is 4.04. The number of hydrogen-bond donors (Lipinski definition) is 1. The van der Waals surface area contributed by atoms with Gasteiger partial charge in [-0.2, -0.15) is 5.10 Å². The third kappa shape index (κ3) is 3.12. The average molecular weight is 264 g/mol. The molecule has 1 aromatic carbocycles. The molecule has 3 nitrogen and oxygen atoms in total. The highest BCUT2D eigenvalue weighted by Crippen LogP contribution is 2.19. The van der Waals surface area contributed by atoms with E-state index in [1.807, 2.05) is 42.1 Å². The average Bonchev–Trinajstić information content (AvgIpc) is 2.73. The van der Waals surface area contributed by atoms with E-state index in [4.69, 9.17) is 11.6 Å². The largest absolute Gasteiger partial charge is 0.310 e. The van der Waals surface area contributed by atoms with Gasteiger partial charge in [-0.3, -0.25) is 0 Å². The molecule has 4 heteroatoms. The van der Waals surface area contributed by atoms with Crippen molar-refractivity contribution in [2.75, 3.05) is 0 Å². The Balaban J connectivity index is 2.34. The van der Waals surface area contributed by atoms with Crippen molar-refractivity contribution < 1.29 is 0 Å². The second kappa shape index (κ2) is 5.55. The summed E-state index contributed by atoms with van der Waals surface area (Å²) in [4.78, 5) is 0. The number of rotatable bonds is 4. The van der Waals surface area contributed by atoms with Gasteiger partial charge in [-0.25, -0.2) is 4.68 Å². The maximum atomic E-state index is 6.07. The Labute approximate surface area is 113 Å². The fraction of sp³-hybridized carbons (Fsp3) is 0.357. The fourth-order valence-corrected chi connectivity index (χ4v) is 1.98. The summed E-state index contributed by atoms with van der Waals surface area (Å²) >= 11 is 6.07. The summed E-state index contributed by atoms with van der Waals surface area (Å²) in [6.07, 6.45) is 1.97. The predicted octanol–water partition coefficient (Wildman–Crippen LogP) is 3.33. The monoisotopic (exact) mass is 263 g/mol. The molecule has 2 rings (SSSR count). The number of nitrogens with zero attached hydrogens (tertiary/aromatic N) is 2. The van der Waals surface area contributed by atoms with E-state index in [2.05, 4.69) is 24.3 Å². The van der Waals surface area contributed by atoms with Gasteiger partial charge in [0.2, 0.25) is 0 Å². The molecular weight excluding hydrogens is 246 g/mol. The smallest absolute Gasteiger partial charge is 0.0691 e. The second-order valence-electron chi connectivity index (χ2n) is 4.71. The summed E-state index contributed by atoms with van der Waals surface area (Å²) in [5, 5.41) is 8.60. The number of benzene rings is 1. The molecule has 0 fully saturated rings. The van der Waals surface area contributed by atoms with Gasteiger partial charge in [-0.1, -0.05) is 25.4 Å². The summed E-state index contributed by atoms with van der Waals surface area (Å²) in [5.41, 5.74) is 3.23. The Hall–Kier alpha value is -1.32. The van der Waals surface area contributed by atoms with Crippen LogP contribution in [0.15, 0.2) is 30.5 Å². The first-order valence-electron chi connectivity index (χ1n) is 6.10. The second-order valence-corrected chi connectivity index (χ2v) is 5.15. The molecule has 0 unspecified atom stereocenters. The lowest BCUT2D eigenvalue weighted by Crippen LogP contribution is -2.22. The van der Waals surface area contributed by atoms with Crippen molar-refractivity contribution in [3.63, 3.8) is 0 Å². The van der Waals surface area contributed by atoms with Crippen LogP contribution in [-0.2, 0) is 6.54 Å². The van der Waals surface area contributed by atoms with Crippen molar-refractivity contribution in [3.8, 4) is 5.69 Å². The summed E-state index contributed by atoms with van der Waals surface area (Å²) in [6, 6.07) is 8.33. The first-order chi connectivity index (χ1) is 8.56. The van der Waals surface area contributed by atoms with E-state index < -0.39 is 0 Å². The van der Waals surface area contributed by atoms with Gasteiger partial charge in [-0.15, -0.1) is 0 Å². The van der Waals surface area contributed by atoms with E-state index in [0.717, 1.165) is 28.5 Å². The van der Waals surface area contributed by atoms with Crippen molar-refractivity contribution in [1.82, 2.24) is 15.1 Å². The highest BCUT2D eigenvalue weighted by molar-refractivity contribution is 6.30. The first kappa shape index (κ1) is 13.1. The number of nitrogens with one attached hydrogen (secondary N) is 1. The van der Waals surface area contributed by atoms with Crippen molar-refractivity contribution in [2.24, 2.45) is 0 Å². The van der Waals surface area contributed by atoms with Crippen LogP contribution in [0.5, 0.6) is 0 Å². The third-order valence-electron chi connectivity index (χ3n) is 2.71. The van der Waals surface area contributed by atoms with Crippen molar-refractivity contribution in [3.05, 3.63) is 46.7 Å². The molecule has 2 aromatic rings. The normalized spacial score (nSPS) is 11.2. The van der Waals surface area contributed by atoms with Crippen LogP contribution in [-0.4, -0.2) is 15.8 Å². The van der Waals surface area contributed by atoms with Crippen LogP contribution in [0.3, 0.4) is 0 Å². The molecule has 0 spiro atoms. The summed E-state index contributed by atoms with van der Waals surface area (Å²) in [6.45, 7) is 7.02. The van der Waals surface area contributed by atoms with Crippen LogP contribution in [0, 0.1) is 6.92 Å².